The first-order valence-corrected chi connectivity index (χ1v) is 4.64. The van der Waals surface area contributed by atoms with Crippen LogP contribution in [0.25, 0.3) is 0 Å². The highest BCUT2D eigenvalue weighted by Crippen LogP contribution is 2.31. The number of hydrogen-bond donors (Lipinski definition) is 3. The van der Waals surface area contributed by atoms with Crippen molar-refractivity contribution >= 4 is 39.2 Å². The fourth-order valence-corrected chi connectivity index (χ4v) is 1.71. The molecule has 0 spiro atoms. The van der Waals surface area contributed by atoms with E-state index in [2.05, 4.69) is 21.2 Å². The van der Waals surface area contributed by atoms with E-state index in [0.717, 1.165) is 6.07 Å². The van der Waals surface area contributed by atoms with Crippen LogP contribution >= 0.6 is 27.5 Å². The molecular weight excluding hydrogens is 276 g/mol. The van der Waals surface area contributed by atoms with Crippen molar-refractivity contribution < 1.29 is 9.18 Å². The lowest BCUT2D eigenvalue weighted by atomic mass is 10.3. The molecule has 0 saturated carbocycles. The summed E-state index contributed by atoms with van der Waals surface area (Å²) < 4.78 is 13.1. The Morgan fingerprint density at radius 1 is 1.57 bits per heavy atom. The third kappa shape index (κ3) is 2.57. The minimum Gasteiger partial charge on any atom is -0.304 e. The lowest BCUT2D eigenvalue weighted by Crippen LogP contribution is -2.34. The molecule has 0 heterocycles. The van der Waals surface area contributed by atoms with Crippen molar-refractivity contribution in [2.24, 2.45) is 5.84 Å². The van der Waals surface area contributed by atoms with Crippen LogP contribution in [0.2, 0.25) is 5.02 Å². The SMILES string of the molecule is NNC(=O)Nc1c(Cl)cc(F)cc1Br. The summed E-state index contributed by atoms with van der Waals surface area (Å²) in [4.78, 5) is 10.9. The van der Waals surface area contributed by atoms with Gasteiger partial charge in [-0.15, -0.1) is 0 Å². The third-order valence-corrected chi connectivity index (χ3v) is 2.30. The average molecular weight is 282 g/mol. The van der Waals surface area contributed by atoms with Gasteiger partial charge >= 0.3 is 6.03 Å². The molecule has 2 amide bonds. The molecule has 0 aliphatic rings. The van der Waals surface area contributed by atoms with Crippen LogP contribution in [-0.4, -0.2) is 6.03 Å². The largest absolute Gasteiger partial charge is 0.333 e. The average Bonchev–Trinajstić information content (AvgIpc) is 2.10. The fraction of sp³-hybridized carbons (Fsp3) is 0. The molecule has 0 atom stereocenters. The number of amides is 2. The molecule has 4 nitrogen and oxygen atoms in total. The maximum absolute atomic E-state index is 12.8. The molecule has 14 heavy (non-hydrogen) atoms. The minimum absolute atomic E-state index is 0.0838. The number of benzene rings is 1. The zero-order valence-corrected chi connectivity index (χ0v) is 9.12. The molecule has 0 radical (unpaired) electrons. The molecule has 0 bridgehead atoms. The van der Waals surface area contributed by atoms with Crippen molar-refractivity contribution in [1.29, 1.82) is 0 Å². The molecule has 0 fully saturated rings. The molecular formula is C7H6BrClFN3O. The van der Waals surface area contributed by atoms with Crippen LogP contribution in [0, 0.1) is 5.82 Å². The lowest BCUT2D eigenvalue weighted by molar-refractivity contribution is 0.252. The predicted octanol–water partition coefficient (Wildman–Crippen LogP) is 2.24. The van der Waals surface area contributed by atoms with E-state index in [4.69, 9.17) is 17.4 Å². The molecule has 4 N–H and O–H groups in total. The van der Waals surface area contributed by atoms with Crippen LogP contribution in [-0.2, 0) is 0 Å². The van der Waals surface area contributed by atoms with Crippen molar-refractivity contribution in [3.63, 3.8) is 0 Å². The molecule has 7 heteroatoms. The Balaban J connectivity index is 3.02. The molecule has 0 aliphatic heterocycles. The van der Waals surface area contributed by atoms with E-state index in [1.807, 2.05) is 5.43 Å². The van der Waals surface area contributed by atoms with Gasteiger partial charge in [-0.2, -0.15) is 0 Å². The minimum atomic E-state index is -0.640. The molecule has 76 valence electrons. The highest BCUT2D eigenvalue weighted by molar-refractivity contribution is 9.10. The van der Waals surface area contributed by atoms with Gasteiger partial charge in [0.25, 0.3) is 0 Å². The van der Waals surface area contributed by atoms with Crippen LogP contribution in [0.4, 0.5) is 14.9 Å². The van der Waals surface area contributed by atoms with Gasteiger partial charge in [0.1, 0.15) is 5.82 Å². The summed E-state index contributed by atoms with van der Waals surface area (Å²) in [7, 11) is 0. The number of nitrogens with one attached hydrogen (secondary N) is 2. The van der Waals surface area contributed by atoms with Crippen molar-refractivity contribution in [2.45, 2.75) is 0 Å². The Morgan fingerprint density at radius 3 is 2.71 bits per heavy atom. The Labute approximate surface area is 92.7 Å². The Bertz CT molecular complexity index is 351. The number of nitrogens with two attached hydrogens (primary N) is 1. The summed E-state index contributed by atoms with van der Waals surface area (Å²) in [6.45, 7) is 0. The zero-order valence-electron chi connectivity index (χ0n) is 6.77. The molecule has 1 rings (SSSR count). The van der Waals surface area contributed by atoms with Gasteiger partial charge in [-0.05, 0) is 28.1 Å². The maximum Gasteiger partial charge on any atom is 0.333 e. The van der Waals surface area contributed by atoms with E-state index < -0.39 is 11.8 Å². The van der Waals surface area contributed by atoms with Crippen LogP contribution in [0.5, 0.6) is 0 Å². The highest BCUT2D eigenvalue weighted by Gasteiger charge is 2.10. The number of hydrazine groups is 1. The Morgan fingerprint density at radius 2 is 2.21 bits per heavy atom. The molecule has 1 aromatic rings. The van der Waals surface area contributed by atoms with Gasteiger partial charge in [0.15, 0.2) is 0 Å². The zero-order chi connectivity index (χ0) is 10.7. The second kappa shape index (κ2) is 4.59. The predicted molar refractivity (Wildman–Crippen MR) is 55.5 cm³/mol. The van der Waals surface area contributed by atoms with Crippen LogP contribution in [0.15, 0.2) is 16.6 Å². The van der Waals surface area contributed by atoms with Crippen LogP contribution in [0.1, 0.15) is 0 Å². The second-order valence-corrected chi connectivity index (χ2v) is 3.60. The first-order chi connectivity index (χ1) is 6.54. The number of anilines is 1. The quantitative estimate of drug-likeness (QED) is 0.420. The number of carbonyl (C=O) groups excluding carboxylic acids is 1. The summed E-state index contributed by atoms with van der Waals surface area (Å²) >= 11 is 8.73. The highest BCUT2D eigenvalue weighted by atomic mass is 79.9. The van der Waals surface area contributed by atoms with Crippen molar-refractivity contribution in [2.75, 3.05) is 5.32 Å². The molecule has 0 saturated heterocycles. The summed E-state index contributed by atoms with van der Waals surface area (Å²) in [5, 5.41) is 2.42. The smallest absolute Gasteiger partial charge is 0.304 e. The van der Waals surface area contributed by atoms with Crippen molar-refractivity contribution in [3.8, 4) is 0 Å². The van der Waals surface area contributed by atoms with E-state index >= 15 is 0 Å². The normalized spacial score (nSPS) is 9.71. The van der Waals surface area contributed by atoms with Gasteiger partial charge in [-0.25, -0.2) is 15.0 Å². The number of carbonyl (C=O) groups is 1. The third-order valence-electron chi connectivity index (χ3n) is 1.38. The van der Waals surface area contributed by atoms with E-state index in [1.54, 1.807) is 0 Å². The van der Waals surface area contributed by atoms with Crippen LogP contribution < -0.4 is 16.6 Å². The lowest BCUT2D eigenvalue weighted by Gasteiger charge is -2.08. The van der Waals surface area contributed by atoms with Gasteiger partial charge < -0.3 is 5.32 Å². The van der Waals surface area contributed by atoms with Gasteiger partial charge in [0, 0.05) is 4.47 Å². The molecule has 0 aliphatic carbocycles. The number of halogens is 3. The topological polar surface area (TPSA) is 67.1 Å². The van der Waals surface area contributed by atoms with Gasteiger partial charge in [-0.3, -0.25) is 5.43 Å². The van der Waals surface area contributed by atoms with Crippen molar-refractivity contribution in [3.05, 3.63) is 27.4 Å². The van der Waals surface area contributed by atoms with E-state index in [0.29, 0.717) is 4.47 Å². The maximum atomic E-state index is 12.8. The Hall–Kier alpha value is -0.850. The molecule has 0 unspecified atom stereocenters. The van der Waals surface area contributed by atoms with E-state index in [1.165, 1.54) is 6.07 Å². The number of urea groups is 1. The second-order valence-electron chi connectivity index (χ2n) is 2.34. The summed E-state index contributed by atoms with van der Waals surface area (Å²) in [6.07, 6.45) is 0. The number of rotatable bonds is 1. The first-order valence-electron chi connectivity index (χ1n) is 3.46. The fourth-order valence-electron chi connectivity index (χ4n) is 0.811. The monoisotopic (exact) mass is 281 g/mol. The van der Waals surface area contributed by atoms with Crippen LogP contribution in [0.3, 0.4) is 0 Å². The molecule has 1 aromatic carbocycles. The first kappa shape index (κ1) is 11.2. The van der Waals surface area contributed by atoms with E-state index in [9.17, 15) is 9.18 Å². The Kier molecular flexibility index (Phi) is 3.68. The van der Waals surface area contributed by atoms with Gasteiger partial charge in [-0.1, -0.05) is 11.6 Å². The van der Waals surface area contributed by atoms with Gasteiger partial charge in [0.05, 0.1) is 10.7 Å². The van der Waals surface area contributed by atoms with Crippen molar-refractivity contribution in [1.82, 2.24) is 5.43 Å². The molecule has 0 aromatic heterocycles. The summed E-state index contributed by atoms with van der Waals surface area (Å²) in [6, 6.07) is 1.62. The van der Waals surface area contributed by atoms with E-state index in [-0.39, 0.29) is 10.7 Å². The van der Waals surface area contributed by atoms with Gasteiger partial charge in [0.2, 0.25) is 0 Å². The summed E-state index contributed by atoms with van der Waals surface area (Å²) in [5.74, 6) is 4.36. The standard InChI is InChI=1S/C7H6BrClFN3O/c8-4-1-3(10)2-5(9)6(4)12-7(14)13-11/h1-2H,11H2,(H2,12,13,14). The summed E-state index contributed by atoms with van der Waals surface area (Å²) in [5.41, 5.74) is 2.12. The number of hydrogen-bond acceptors (Lipinski definition) is 2.